The van der Waals surface area contributed by atoms with Crippen molar-refractivity contribution in [3.05, 3.63) is 0 Å². The van der Waals surface area contributed by atoms with Crippen LogP contribution in [0.15, 0.2) is 4.99 Å². The van der Waals surface area contributed by atoms with Crippen molar-refractivity contribution in [2.24, 2.45) is 16.3 Å². The molecule has 1 heterocycles. The maximum Gasteiger partial charge on any atom is 0.191 e. The summed E-state index contributed by atoms with van der Waals surface area (Å²) in [6, 6.07) is 0.900. The van der Waals surface area contributed by atoms with Crippen LogP contribution in [0.5, 0.6) is 0 Å². The third kappa shape index (κ3) is 5.58. The van der Waals surface area contributed by atoms with Gasteiger partial charge in [0, 0.05) is 38.8 Å². The minimum atomic E-state index is 0.228. The van der Waals surface area contributed by atoms with Crippen LogP contribution >= 0.6 is 0 Å². The van der Waals surface area contributed by atoms with E-state index >= 15 is 0 Å². The van der Waals surface area contributed by atoms with Gasteiger partial charge >= 0.3 is 0 Å². The van der Waals surface area contributed by atoms with Crippen molar-refractivity contribution in [2.45, 2.75) is 70.8 Å². The first-order chi connectivity index (χ1) is 12.2. The van der Waals surface area contributed by atoms with E-state index in [-0.39, 0.29) is 5.41 Å². The van der Waals surface area contributed by atoms with Gasteiger partial charge < -0.3 is 20.6 Å². The zero-order chi connectivity index (χ0) is 17.5. The van der Waals surface area contributed by atoms with Gasteiger partial charge in [0.2, 0.25) is 0 Å². The molecule has 2 saturated carbocycles. The number of guanidine groups is 1. The van der Waals surface area contributed by atoms with Gasteiger partial charge in [-0.2, -0.15) is 0 Å². The van der Waals surface area contributed by atoms with Gasteiger partial charge in [-0.15, -0.1) is 0 Å². The van der Waals surface area contributed by atoms with Crippen LogP contribution in [-0.2, 0) is 0 Å². The van der Waals surface area contributed by atoms with Crippen molar-refractivity contribution in [3.8, 4) is 0 Å². The van der Waals surface area contributed by atoms with Crippen molar-refractivity contribution in [1.29, 1.82) is 0 Å². The molecule has 3 fully saturated rings. The second kappa shape index (κ2) is 9.22. The summed E-state index contributed by atoms with van der Waals surface area (Å²) in [5.41, 5.74) is 0.228. The Morgan fingerprint density at radius 2 is 1.96 bits per heavy atom. The van der Waals surface area contributed by atoms with Crippen molar-refractivity contribution in [1.82, 2.24) is 15.5 Å². The van der Waals surface area contributed by atoms with Crippen LogP contribution in [0.4, 0.5) is 0 Å². The highest BCUT2D eigenvalue weighted by atomic mass is 16.3. The van der Waals surface area contributed by atoms with Crippen LogP contribution in [0, 0.1) is 11.3 Å². The second-order valence-electron chi connectivity index (χ2n) is 8.49. The smallest absolute Gasteiger partial charge is 0.191 e. The van der Waals surface area contributed by atoms with Crippen molar-refractivity contribution in [2.75, 3.05) is 39.3 Å². The third-order valence-electron chi connectivity index (χ3n) is 6.41. The molecular weight excluding hydrogens is 312 g/mol. The SMILES string of the molecule is CCNC(=NCC1(CCO)CCCCC1)NCC1CCN(C2CC2)C1. The standard InChI is InChI=1S/C20H38N4O/c1-2-21-19(22-14-17-8-12-24(15-17)18-6-7-18)23-16-20(11-13-25)9-4-3-5-10-20/h17-18,25H,2-16H2,1H3,(H2,21,22,23). The average Bonchev–Trinajstić information content (AvgIpc) is 3.37. The van der Waals surface area contributed by atoms with Crippen LogP contribution in [0.25, 0.3) is 0 Å². The van der Waals surface area contributed by atoms with Crippen LogP contribution in [0.2, 0.25) is 0 Å². The molecule has 3 aliphatic rings. The Kier molecular flexibility index (Phi) is 7.00. The average molecular weight is 351 g/mol. The molecule has 0 aromatic heterocycles. The van der Waals surface area contributed by atoms with Crippen LogP contribution in [0.3, 0.4) is 0 Å². The monoisotopic (exact) mass is 350 g/mol. The van der Waals surface area contributed by atoms with Gasteiger partial charge in [-0.05, 0) is 63.3 Å². The number of hydrogen-bond acceptors (Lipinski definition) is 3. The fourth-order valence-corrected chi connectivity index (χ4v) is 4.66. The highest BCUT2D eigenvalue weighted by Crippen LogP contribution is 2.39. The van der Waals surface area contributed by atoms with E-state index in [0.29, 0.717) is 6.61 Å². The Hall–Kier alpha value is -0.810. The largest absolute Gasteiger partial charge is 0.396 e. The van der Waals surface area contributed by atoms with Gasteiger partial charge in [-0.1, -0.05) is 19.3 Å². The quantitative estimate of drug-likeness (QED) is 0.465. The predicted octanol–water partition coefficient (Wildman–Crippen LogP) is 2.36. The first kappa shape index (κ1) is 19.0. The number of nitrogens with one attached hydrogen (secondary N) is 2. The van der Waals surface area contributed by atoms with Crippen molar-refractivity contribution < 1.29 is 5.11 Å². The molecule has 0 aromatic rings. The summed E-state index contributed by atoms with van der Waals surface area (Å²) < 4.78 is 0. The highest BCUT2D eigenvalue weighted by molar-refractivity contribution is 5.79. The van der Waals surface area contributed by atoms with Crippen molar-refractivity contribution >= 4 is 5.96 Å². The van der Waals surface area contributed by atoms with E-state index in [1.165, 1.54) is 64.5 Å². The molecule has 0 radical (unpaired) electrons. The lowest BCUT2D eigenvalue weighted by Crippen LogP contribution is -2.41. The fourth-order valence-electron chi connectivity index (χ4n) is 4.66. The lowest BCUT2D eigenvalue weighted by atomic mass is 9.72. The number of likely N-dealkylation sites (tertiary alicyclic amines) is 1. The second-order valence-corrected chi connectivity index (χ2v) is 8.49. The molecule has 3 rings (SSSR count). The molecular formula is C20H38N4O. The Bertz CT molecular complexity index is 424. The summed E-state index contributed by atoms with van der Waals surface area (Å²) >= 11 is 0. The predicted molar refractivity (Wildman–Crippen MR) is 104 cm³/mol. The minimum Gasteiger partial charge on any atom is -0.396 e. The van der Waals surface area contributed by atoms with E-state index in [1.807, 2.05) is 0 Å². The zero-order valence-electron chi connectivity index (χ0n) is 16.1. The summed E-state index contributed by atoms with van der Waals surface area (Å²) in [6.07, 6.45) is 11.4. The Labute approximate surface area is 153 Å². The Balaban J connectivity index is 1.49. The van der Waals surface area contributed by atoms with E-state index in [9.17, 15) is 5.11 Å². The first-order valence-electron chi connectivity index (χ1n) is 10.6. The number of hydrogen-bond donors (Lipinski definition) is 3. The van der Waals surface area contributed by atoms with Crippen LogP contribution in [0.1, 0.15) is 64.7 Å². The molecule has 5 heteroatoms. The fraction of sp³-hybridized carbons (Fsp3) is 0.950. The number of aliphatic hydroxyl groups is 1. The van der Waals surface area contributed by atoms with E-state index in [1.54, 1.807) is 0 Å². The molecule has 144 valence electrons. The Morgan fingerprint density at radius 3 is 2.64 bits per heavy atom. The van der Waals surface area contributed by atoms with Gasteiger partial charge in [0.15, 0.2) is 5.96 Å². The molecule has 1 unspecified atom stereocenters. The molecule has 1 aliphatic heterocycles. The normalized spacial score (nSPS) is 27.4. The number of rotatable bonds is 8. The lowest BCUT2D eigenvalue weighted by Gasteiger charge is -2.35. The van der Waals surface area contributed by atoms with Crippen LogP contribution < -0.4 is 10.6 Å². The van der Waals surface area contributed by atoms with Gasteiger partial charge in [0.05, 0.1) is 0 Å². The van der Waals surface area contributed by atoms with E-state index < -0.39 is 0 Å². The molecule has 1 atom stereocenters. The zero-order valence-corrected chi connectivity index (χ0v) is 16.1. The molecule has 0 amide bonds. The van der Waals surface area contributed by atoms with Gasteiger partial charge in [-0.3, -0.25) is 4.99 Å². The topological polar surface area (TPSA) is 59.9 Å². The summed E-state index contributed by atoms with van der Waals surface area (Å²) in [4.78, 5) is 7.60. The van der Waals surface area contributed by atoms with E-state index in [4.69, 9.17) is 4.99 Å². The van der Waals surface area contributed by atoms with E-state index in [2.05, 4.69) is 22.5 Å². The number of aliphatic hydroxyl groups excluding tert-OH is 1. The molecule has 25 heavy (non-hydrogen) atoms. The molecule has 5 nitrogen and oxygen atoms in total. The first-order valence-corrected chi connectivity index (χ1v) is 10.6. The summed E-state index contributed by atoms with van der Waals surface area (Å²) in [5, 5.41) is 16.5. The van der Waals surface area contributed by atoms with Gasteiger partial charge in [0.1, 0.15) is 0 Å². The minimum absolute atomic E-state index is 0.228. The number of aliphatic imine (C=N–C) groups is 1. The molecule has 1 saturated heterocycles. The van der Waals surface area contributed by atoms with E-state index in [0.717, 1.165) is 44.0 Å². The summed E-state index contributed by atoms with van der Waals surface area (Å²) in [7, 11) is 0. The maximum atomic E-state index is 9.49. The molecule has 0 spiro atoms. The van der Waals surface area contributed by atoms with Crippen molar-refractivity contribution in [3.63, 3.8) is 0 Å². The van der Waals surface area contributed by atoms with Gasteiger partial charge in [0.25, 0.3) is 0 Å². The highest BCUT2D eigenvalue weighted by Gasteiger charge is 2.34. The molecule has 0 bridgehead atoms. The van der Waals surface area contributed by atoms with Gasteiger partial charge in [-0.25, -0.2) is 0 Å². The lowest BCUT2D eigenvalue weighted by molar-refractivity contribution is 0.137. The molecule has 2 aliphatic carbocycles. The summed E-state index contributed by atoms with van der Waals surface area (Å²) in [5.74, 6) is 1.72. The Morgan fingerprint density at radius 1 is 1.16 bits per heavy atom. The number of nitrogens with zero attached hydrogens (tertiary/aromatic N) is 2. The summed E-state index contributed by atoms with van der Waals surface area (Å²) in [6.45, 7) is 7.74. The third-order valence-corrected chi connectivity index (χ3v) is 6.41. The molecule has 0 aromatic carbocycles. The molecule has 3 N–H and O–H groups in total. The van der Waals surface area contributed by atoms with Crippen LogP contribution in [-0.4, -0.2) is 61.3 Å². The maximum absolute atomic E-state index is 9.49.